The van der Waals surface area contributed by atoms with E-state index in [0.29, 0.717) is 127 Å². The predicted octanol–water partition coefficient (Wildman–Crippen LogP) is 17.9. The van der Waals surface area contributed by atoms with E-state index in [1.165, 1.54) is 91.2 Å². The van der Waals surface area contributed by atoms with E-state index in [-0.39, 0.29) is 76.4 Å². The first-order chi connectivity index (χ1) is 51.0. The van der Waals surface area contributed by atoms with E-state index >= 15 is 0 Å². The summed E-state index contributed by atoms with van der Waals surface area (Å²) < 4.78 is 89.9. The van der Waals surface area contributed by atoms with Crippen molar-refractivity contribution in [2.45, 2.75) is 91.8 Å². The summed E-state index contributed by atoms with van der Waals surface area (Å²) in [5.74, 6) is -0.0157. The van der Waals surface area contributed by atoms with E-state index in [1.54, 1.807) is 132 Å². The number of aliphatic hydroxyl groups is 3. The Morgan fingerprint density at radius 3 is 1.04 bits per heavy atom. The fraction of sp³-hybridized carbons (Fsp3) is 0.329. The molecule has 3 N–H and O–H groups in total. The topological polar surface area (TPSA) is 251 Å². The van der Waals surface area contributed by atoms with Gasteiger partial charge < -0.3 is 58.0 Å². The van der Waals surface area contributed by atoms with Crippen molar-refractivity contribution in [3.63, 3.8) is 0 Å². The van der Waals surface area contributed by atoms with Crippen LogP contribution in [-0.2, 0) is 11.2 Å². The number of hydrogen-bond donors (Lipinski definition) is 3. The minimum Gasteiger partial charge on any atom is -0.494 e. The summed E-state index contributed by atoms with van der Waals surface area (Å²) in [6.07, 6.45) is 1.78. The molecule has 0 saturated carbocycles. The number of carbonyl (C=O) groups is 4. The maximum absolute atomic E-state index is 13.7. The Morgan fingerprint density at radius 2 is 0.720 bits per heavy atom. The van der Waals surface area contributed by atoms with Crippen molar-refractivity contribution in [3.05, 3.63) is 212 Å². The van der Waals surface area contributed by atoms with Crippen molar-refractivity contribution in [1.82, 2.24) is 15.0 Å². The number of pyridine rings is 3. The van der Waals surface area contributed by atoms with E-state index in [1.807, 2.05) is 13.8 Å². The number of ketones is 4. The number of carbonyl (C=O) groups excluding carboxylic acids is 4. The molecule has 25 heteroatoms. The Balaban J connectivity index is 0.000000224. The highest BCUT2D eigenvalue weighted by atomic mass is 35.5. The lowest BCUT2D eigenvalue weighted by Gasteiger charge is -2.30. The maximum Gasteiger partial charge on any atom is 0.184 e. The third-order valence-electron chi connectivity index (χ3n) is 17.7. The van der Waals surface area contributed by atoms with Gasteiger partial charge in [-0.2, -0.15) is 0 Å². The Hall–Kier alpha value is -9.81. The molecule has 0 spiro atoms. The molecule has 107 heavy (non-hydrogen) atoms. The van der Waals surface area contributed by atoms with Crippen molar-refractivity contribution < 1.29 is 90.3 Å². The van der Waals surface area contributed by atoms with Crippen LogP contribution >= 0.6 is 34.8 Å². The molecular formula is C82H87Cl3F3N3O16. The maximum atomic E-state index is 13.7. The second-order valence-electron chi connectivity index (χ2n) is 25.2. The summed E-state index contributed by atoms with van der Waals surface area (Å²) in [4.78, 5) is 65.8. The number of rotatable bonds is 33. The molecule has 0 amide bonds. The molecular weight excluding hydrogens is 1450 g/mol. The van der Waals surface area contributed by atoms with Gasteiger partial charge in [-0.1, -0.05) is 69.4 Å². The van der Waals surface area contributed by atoms with Crippen LogP contribution in [0.4, 0.5) is 13.2 Å². The van der Waals surface area contributed by atoms with Gasteiger partial charge in [0, 0.05) is 58.6 Å². The molecule has 0 saturated heterocycles. The van der Waals surface area contributed by atoms with Gasteiger partial charge in [0.1, 0.15) is 75.3 Å². The standard InChI is InChI=1S/C28H31ClFNO5.C27H29ClFNO6.C27H27ClFNO5/c1-6-13-36-23-10-8-18(16-25(23)35-5)22(32)14-17(2)28(3,33)26-12-11-24(34-4)27(31-26)19-7-9-21(30)20(29)15-19;1-16(13-21(32)17-6-8-22(36-12-11-31)24(15-17)35-4)27(2,33)25-10-9-23(34-3)26(30-25)18-5-7-20(29)19(28)14-18;1-5-12-35-23-10-7-17(15-25(23)34-4)22(31)13-16(2)27(32)21-9-11-24(33-3)26(30-21)18-6-8-20(29)19(28)14-18/h7-12,15-17,33H,6,13-14H2,1-5H3;5-10,14-16,31,33H,11-13H2,1-4H3;6-11,14-16H,5,12-13H2,1-4H3. The lowest BCUT2D eigenvalue weighted by molar-refractivity contribution is -0.00443. The Labute approximate surface area is 635 Å². The number of methoxy groups -OCH3 is 6. The van der Waals surface area contributed by atoms with E-state index in [9.17, 15) is 42.6 Å². The predicted molar refractivity (Wildman–Crippen MR) is 405 cm³/mol. The lowest BCUT2D eigenvalue weighted by atomic mass is 9.82. The van der Waals surface area contributed by atoms with Crippen molar-refractivity contribution in [1.29, 1.82) is 0 Å². The van der Waals surface area contributed by atoms with Crippen LogP contribution < -0.4 is 42.6 Å². The summed E-state index contributed by atoms with van der Waals surface area (Å²) in [5.41, 5.74) is 1.91. The zero-order valence-electron chi connectivity index (χ0n) is 61.7. The van der Waals surface area contributed by atoms with E-state index in [0.717, 1.165) is 12.8 Å². The minimum absolute atomic E-state index is 0.0113. The molecule has 0 aliphatic rings. The summed E-state index contributed by atoms with van der Waals surface area (Å²) >= 11 is 17.8. The minimum atomic E-state index is -1.48. The first-order valence-corrected chi connectivity index (χ1v) is 35.3. The fourth-order valence-corrected chi connectivity index (χ4v) is 11.5. The van der Waals surface area contributed by atoms with Gasteiger partial charge in [-0.25, -0.2) is 28.1 Å². The third kappa shape index (κ3) is 21.5. The third-order valence-corrected chi connectivity index (χ3v) is 18.5. The zero-order chi connectivity index (χ0) is 78.4. The molecule has 0 bridgehead atoms. The van der Waals surface area contributed by atoms with Gasteiger partial charge in [0.15, 0.2) is 57.6 Å². The zero-order valence-corrected chi connectivity index (χ0v) is 64.0. The molecule has 0 aliphatic heterocycles. The first kappa shape index (κ1) is 84.5. The summed E-state index contributed by atoms with van der Waals surface area (Å²) in [5, 5.41) is 31.6. The van der Waals surface area contributed by atoms with Crippen LogP contribution in [0.1, 0.15) is 134 Å². The van der Waals surface area contributed by atoms with Crippen LogP contribution in [0.5, 0.6) is 51.7 Å². The second-order valence-corrected chi connectivity index (χ2v) is 26.5. The van der Waals surface area contributed by atoms with Gasteiger partial charge >= 0.3 is 0 Å². The number of benzene rings is 6. The average Bonchev–Trinajstić information content (AvgIpc) is 0.791. The molecule has 568 valence electrons. The Bertz CT molecular complexity index is 4410. The number of halogens is 6. The molecule has 0 radical (unpaired) electrons. The van der Waals surface area contributed by atoms with E-state index < -0.39 is 46.4 Å². The van der Waals surface area contributed by atoms with Crippen LogP contribution in [0.15, 0.2) is 146 Å². The SMILES string of the molecule is CCCOc1ccc(C(=O)CC(C)C(=O)c2ccc(OC)c(-c3ccc(F)c(Cl)c3)n2)cc1OC.CCCOc1ccc(C(=O)CC(C)C(C)(O)c2ccc(OC)c(-c3ccc(F)c(Cl)c3)n2)cc1OC.COc1cc(C(=O)CC(C)C(C)(O)c2ccc(OC)c(-c3ccc(F)c(Cl)c3)n2)ccc1OCCO. The fourth-order valence-electron chi connectivity index (χ4n) is 11.0. The summed E-state index contributed by atoms with van der Waals surface area (Å²) in [7, 11) is 8.95. The molecule has 3 aromatic heterocycles. The van der Waals surface area contributed by atoms with Crippen LogP contribution in [0.25, 0.3) is 33.8 Å². The first-order valence-electron chi connectivity index (χ1n) is 34.2. The average molecular weight is 1530 g/mol. The van der Waals surface area contributed by atoms with Crippen molar-refractivity contribution in [2.24, 2.45) is 17.8 Å². The molecule has 5 atom stereocenters. The van der Waals surface area contributed by atoms with Gasteiger partial charge in [-0.05, 0) is 184 Å². The van der Waals surface area contributed by atoms with Gasteiger partial charge in [-0.3, -0.25) is 19.2 Å². The molecule has 3 heterocycles. The highest BCUT2D eigenvalue weighted by Gasteiger charge is 2.37. The van der Waals surface area contributed by atoms with Crippen LogP contribution in [0, 0.1) is 35.2 Å². The molecule has 9 aromatic rings. The van der Waals surface area contributed by atoms with Crippen LogP contribution in [0.3, 0.4) is 0 Å². The van der Waals surface area contributed by atoms with Crippen molar-refractivity contribution >= 4 is 57.9 Å². The number of aromatic nitrogens is 3. The lowest BCUT2D eigenvalue weighted by Crippen LogP contribution is -2.32. The van der Waals surface area contributed by atoms with Gasteiger partial charge in [0.25, 0.3) is 0 Å². The Kier molecular flexibility index (Phi) is 30.9. The number of aliphatic hydroxyl groups excluding tert-OH is 1. The molecule has 19 nitrogen and oxygen atoms in total. The van der Waals surface area contributed by atoms with Gasteiger partial charge in [0.2, 0.25) is 0 Å². The number of Topliss-reactive ketones (excluding diaryl/α,β-unsaturated/α-hetero) is 4. The monoisotopic (exact) mass is 1530 g/mol. The Morgan fingerprint density at radius 1 is 0.411 bits per heavy atom. The molecule has 9 rings (SSSR count). The molecule has 5 unspecified atom stereocenters. The molecule has 0 aliphatic carbocycles. The molecule has 6 aromatic carbocycles. The highest BCUT2D eigenvalue weighted by molar-refractivity contribution is 6.31. The second kappa shape index (κ2) is 39.2. The normalized spacial score (nSPS) is 12.9. The highest BCUT2D eigenvalue weighted by Crippen LogP contribution is 2.41. The van der Waals surface area contributed by atoms with Crippen LogP contribution in [0.2, 0.25) is 15.1 Å². The number of ether oxygens (including phenoxy) is 9. The van der Waals surface area contributed by atoms with Crippen LogP contribution in [-0.4, -0.2) is 122 Å². The largest absolute Gasteiger partial charge is 0.494 e. The van der Waals surface area contributed by atoms with Gasteiger partial charge in [-0.15, -0.1) is 0 Å². The van der Waals surface area contributed by atoms with E-state index in [4.69, 9.17) is 82.5 Å². The molecule has 0 fully saturated rings. The van der Waals surface area contributed by atoms with Crippen molar-refractivity contribution in [2.75, 3.05) is 69.1 Å². The summed E-state index contributed by atoms with van der Waals surface area (Å²) in [6, 6.07) is 37.2. The smallest absolute Gasteiger partial charge is 0.184 e. The quantitative estimate of drug-likeness (QED) is 0.0323. The number of hydrogen-bond acceptors (Lipinski definition) is 19. The summed E-state index contributed by atoms with van der Waals surface area (Å²) in [6.45, 7) is 13.5. The number of nitrogens with zero attached hydrogens (tertiary/aromatic N) is 3. The van der Waals surface area contributed by atoms with Gasteiger partial charge in [0.05, 0.1) is 88.9 Å². The van der Waals surface area contributed by atoms with E-state index in [2.05, 4.69) is 15.0 Å². The van der Waals surface area contributed by atoms with Crippen molar-refractivity contribution in [3.8, 4) is 85.5 Å².